The molecule has 0 fully saturated rings. The van der Waals surface area contributed by atoms with Crippen LogP contribution < -0.4 is 0 Å². The predicted octanol–water partition coefficient (Wildman–Crippen LogP) is -0.179. The first kappa shape index (κ1) is 9.88. The van der Waals surface area contributed by atoms with Crippen LogP contribution in [0.15, 0.2) is 0 Å². The Kier molecular flexibility index (Phi) is 3.86. The Morgan fingerprint density at radius 1 is 1.60 bits per heavy atom. The molecule has 4 heteroatoms. The second-order valence-corrected chi connectivity index (χ2v) is 2.93. The van der Waals surface area contributed by atoms with Crippen LogP contribution >= 0.6 is 11.6 Å². The molecular weight excluding hydrogens is 154 g/mol. The van der Waals surface area contributed by atoms with Gasteiger partial charge in [0.25, 0.3) is 0 Å². The third kappa shape index (κ3) is 2.64. The number of quaternary nitrogens is 1. The van der Waals surface area contributed by atoms with Crippen molar-refractivity contribution < 1.29 is 14.4 Å². The number of rotatable bonds is 3. The standard InChI is InChI=1S/C6H13ClNO2/c1-8(2,3-4-9)6(10)5-7/h9H,3-5H2,1-2H3/q+1. The van der Waals surface area contributed by atoms with Crippen LogP contribution in [-0.4, -0.2) is 48.6 Å². The van der Waals surface area contributed by atoms with E-state index in [-0.39, 0.29) is 22.9 Å². The minimum atomic E-state index is -0.0734. The van der Waals surface area contributed by atoms with Crippen LogP contribution in [0.25, 0.3) is 0 Å². The van der Waals surface area contributed by atoms with E-state index in [1.165, 1.54) is 0 Å². The van der Waals surface area contributed by atoms with E-state index in [2.05, 4.69) is 0 Å². The molecule has 1 N–H and O–H groups in total. The lowest BCUT2D eigenvalue weighted by molar-refractivity contribution is -0.813. The van der Waals surface area contributed by atoms with Crippen molar-refractivity contribution in [2.75, 3.05) is 33.1 Å². The summed E-state index contributed by atoms with van der Waals surface area (Å²) in [5.74, 6) is -0.0665. The third-order valence-corrected chi connectivity index (χ3v) is 1.68. The topological polar surface area (TPSA) is 37.3 Å². The highest BCUT2D eigenvalue weighted by atomic mass is 35.5. The average Bonchev–Trinajstić information content (AvgIpc) is 1.86. The van der Waals surface area contributed by atoms with Crippen LogP contribution in [-0.2, 0) is 4.79 Å². The maximum atomic E-state index is 11.0. The van der Waals surface area contributed by atoms with Crippen molar-refractivity contribution >= 4 is 17.5 Å². The zero-order chi connectivity index (χ0) is 8.20. The lowest BCUT2D eigenvalue weighted by Crippen LogP contribution is -2.48. The summed E-state index contributed by atoms with van der Waals surface area (Å²) in [4.78, 5) is 11.0. The maximum absolute atomic E-state index is 11.0. The molecule has 0 bridgehead atoms. The summed E-state index contributed by atoms with van der Waals surface area (Å²) in [7, 11) is 3.45. The Morgan fingerprint density at radius 2 is 2.10 bits per heavy atom. The van der Waals surface area contributed by atoms with Crippen LogP contribution in [0.4, 0.5) is 0 Å². The van der Waals surface area contributed by atoms with E-state index < -0.39 is 0 Å². The van der Waals surface area contributed by atoms with E-state index in [1.807, 2.05) is 0 Å². The van der Waals surface area contributed by atoms with E-state index in [0.717, 1.165) is 0 Å². The van der Waals surface area contributed by atoms with Crippen molar-refractivity contribution in [1.29, 1.82) is 0 Å². The van der Waals surface area contributed by atoms with Gasteiger partial charge in [-0.25, -0.2) is 4.79 Å². The minimum Gasteiger partial charge on any atom is -0.390 e. The molecule has 0 aliphatic rings. The van der Waals surface area contributed by atoms with Crippen molar-refractivity contribution in [3.8, 4) is 0 Å². The lowest BCUT2D eigenvalue weighted by atomic mass is 10.4. The molecule has 0 heterocycles. The zero-order valence-corrected chi connectivity index (χ0v) is 7.06. The molecule has 0 spiro atoms. The van der Waals surface area contributed by atoms with Crippen molar-refractivity contribution in [3.63, 3.8) is 0 Å². The summed E-state index contributed by atoms with van der Waals surface area (Å²) in [6.45, 7) is 0.432. The monoisotopic (exact) mass is 166 g/mol. The number of nitrogens with zero attached hydrogens (tertiary/aromatic N) is 1. The molecule has 0 unspecified atom stereocenters. The van der Waals surface area contributed by atoms with Gasteiger partial charge in [-0.1, -0.05) is 0 Å². The molecule has 0 radical (unpaired) electrons. The Bertz CT molecular complexity index is 125. The van der Waals surface area contributed by atoms with E-state index in [4.69, 9.17) is 16.7 Å². The zero-order valence-electron chi connectivity index (χ0n) is 6.30. The van der Waals surface area contributed by atoms with Crippen LogP contribution in [0.3, 0.4) is 0 Å². The summed E-state index contributed by atoms with van der Waals surface area (Å²) in [6, 6.07) is 0. The molecule has 10 heavy (non-hydrogen) atoms. The maximum Gasteiger partial charge on any atom is 0.328 e. The van der Waals surface area contributed by atoms with E-state index in [1.54, 1.807) is 14.1 Å². The molecule has 0 aliphatic carbocycles. The fourth-order valence-electron chi connectivity index (χ4n) is 0.536. The second-order valence-electron chi connectivity index (χ2n) is 2.66. The molecule has 0 aromatic heterocycles. The van der Waals surface area contributed by atoms with Crippen molar-refractivity contribution in [3.05, 3.63) is 0 Å². The van der Waals surface area contributed by atoms with Gasteiger partial charge < -0.3 is 5.11 Å². The molecule has 0 aromatic carbocycles. The first-order chi connectivity index (χ1) is 4.54. The Labute approximate surface area is 65.8 Å². The van der Waals surface area contributed by atoms with E-state index in [9.17, 15) is 4.79 Å². The molecule has 0 atom stereocenters. The number of halogens is 1. The van der Waals surface area contributed by atoms with Crippen LogP contribution in [0, 0.1) is 0 Å². The van der Waals surface area contributed by atoms with Gasteiger partial charge in [-0.3, -0.25) is 4.48 Å². The molecule has 0 rings (SSSR count). The smallest absolute Gasteiger partial charge is 0.328 e. The summed E-state index contributed by atoms with van der Waals surface area (Å²) >= 11 is 5.33. The van der Waals surface area contributed by atoms with Gasteiger partial charge in [0.15, 0.2) is 0 Å². The normalized spacial score (nSPS) is 11.6. The molecule has 0 aromatic rings. The van der Waals surface area contributed by atoms with Gasteiger partial charge in [0, 0.05) is 0 Å². The number of aliphatic hydroxyl groups excluding tert-OH is 1. The van der Waals surface area contributed by atoms with Gasteiger partial charge >= 0.3 is 5.91 Å². The highest BCUT2D eigenvalue weighted by Crippen LogP contribution is 1.98. The van der Waals surface area contributed by atoms with Gasteiger partial charge in [0.2, 0.25) is 0 Å². The van der Waals surface area contributed by atoms with Crippen molar-refractivity contribution in [2.45, 2.75) is 0 Å². The first-order valence-electron chi connectivity index (χ1n) is 3.08. The summed E-state index contributed by atoms with van der Waals surface area (Å²) in [5.41, 5.74) is 0. The van der Waals surface area contributed by atoms with Gasteiger partial charge in [-0.2, -0.15) is 0 Å². The highest BCUT2D eigenvalue weighted by molar-refractivity contribution is 6.26. The number of hydrogen-bond acceptors (Lipinski definition) is 2. The molecule has 0 saturated carbocycles. The third-order valence-electron chi connectivity index (χ3n) is 1.45. The lowest BCUT2D eigenvalue weighted by Gasteiger charge is -2.24. The number of likely N-dealkylation sites (N-methyl/N-ethyl adjacent to an activating group) is 1. The Hall–Kier alpha value is -0.120. The summed E-state index contributed by atoms with van der Waals surface area (Å²) < 4.78 is 0.153. The minimum absolute atomic E-state index is 0.00694. The van der Waals surface area contributed by atoms with Gasteiger partial charge in [0.1, 0.15) is 12.4 Å². The van der Waals surface area contributed by atoms with Crippen molar-refractivity contribution in [2.24, 2.45) is 0 Å². The number of amides is 1. The number of alkyl halides is 1. The van der Waals surface area contributed by atoms with Crippen LogP contribution in [0.5, 0.6) is 0 Å². The van der Waals surface area contributed by atoms with Crippen LogP contribution in [0.2, 0.25) is 0 Å². The number of carbonyl (C=O) groups excluding carboxylic acids is 1. The first-order valence-corrected chi connectivity index (χ1v) is 3.61. The Balaban J connectivity index is 3.96. The average molecular weight is 167 g/mol. The molecule has 0 saturated heterocycles. The number of hydrogen-bond donors (Lipinski definition) is 1. The largest absolute Gasteiger partial charge is 0.390 e. The fraction of sp³-hybridized carbons (Fsp3) is 0.833. The molecule has 3 nitrogen and oxygen atoms in total. The molecule has 0 aliphatic heterocycles. The summed E-state index contributed by atoms with van der Waals surface area (Å²) in [6.07, 6.45) is 0. The second kappa shape index (κ2) is 3.91. The molecular formula is C6H13ClNO2+. The van der Waals surface area contributed by atoms with Crippen LogP contribution in [0.1, 0.15) is 0 Å². The molecule has 1 amide bonds. The quantitative estimate of drug-likeness (QED) is 0.467. The number of carbonyl (C=O) groups is 1. The van der Waals surface area contributed by atoms with E-state index >= 15 is 0 Å². The van der Waals surface area contributed by atoms with Gasteiger partial charge in [-0.15, -0.1) is 11.6 Å². The van der Waals surface area contributed by atoms with Gasteiger partial charge in [0.05, 0.1) is 20.7 Å². The SMILES string of the molecule is C[N+](C)(CCO)C(=O)CCl. The molecule has 60 valence electrons. The Morgan fingerprint density at radius 3 is 2.40 bits per heavy atom. The highest BCUT2D eigenvalue weighted by Gasteiger charge is 2.23. The number of aliphatic hydroxyl groups is 1. The van der Waals surface area contributed by atoms with E-state index in [0.29, 0.717) is 6.54 Å². The van der Waals surface area contributed by atoms with Gasteiger partial charge in [-0.05, 0) is 0 Å². The summed E-state index contributed by atoms with van der Waals surface area (Å²) in [5, 5.41) is 8.54. The predicted molar refractivity (Wildman–Crippen MR) is 39.8 cm³/mol. The fourth-order valence-corrected chi connectivity index (χ4v) is 0.860. The van der Waals surface area contributed by atoms with Crippen molar-refractivity contribution in [1.82, 2.24) is 0 Å².